The average molecular weight is 157 g/mol. The third-order valence-corrected chi connectivity index (χ3v) is 2.55. The molecule has 1 N–H and O–H groups in total. The summed E-state index contributed by atoms with van der Waals surface area (Å²) in [5, 5.41) is 9.13. The molecule has 1 fully saturated rings. The van der Waals surface area contributed by atoms with Gasteiger partial charge >= 0.3 is 0 Å². The first-order chi connectivity index (χ1) is 5.11. The third-order valence-electron chi connectivity index (χ3n) is 2.55. The van der Waals surface area contributed by atoms with Crippen LogP contribution in [-0.2, 0) is 0 Å². The predicted octanol–water partition coefficient (Wildman–Crippen LogP) is 1.10. The van der Waals surface area contributed by atoms with Gasteiger partial charge in [-0.3, -0.25) is 0 Å². The average Bonchev–Trinajstić information content (AvgIpc) is 2.65. The van der Waals surface area contributed by atoms with E-state index < -0.39 is 0 Å². The van der Waals surface area contributed by atoms with Crippen molar-refractivity contribution < 1.29 is 5.11 Å². The topological polar surface area (TPSA) is 23.5 Å². The molecular formula is C9H19NO. The van der Waals surface area contributed by atoms with Crippen LogP contribution in [0.5, 0.6) is 0 Å². The molecule has 1 rings (SSSR count). The van der Waals surface area contributed by atoms with Crippen molar-refractivity contribution in [2.45, 2.75) is 38.8 Å². The number of rotatable bonds is 4. The first-order valence-electron chi connectivity index (χ1n) is 4.49. The standard InChI is InChI=1S/C9H19NO/c1-7(11)6-10(3)8(2)9-4-5-9/h7-9,11H,4-6H2,1-3H3. The van der Waals surface area contributed by atoms with Crippen molar-refractivity contribution in [1.29, 1.82) is 0 Å². The van der Waals surface area contributed by atoms with Crippen LogP contribution >= 0.6 is 0 Å². The van der Waals surface area contributed by atoms with E-state index in [2.05, 4.69) is 18.9 Å². The Morgan fingerprint density at radius 3 is 2.36 bits per heavy atom. The van der Waals surface area contributed by atoms with Gasteiger partial charge in [-0.1, -0.05) is 0 Å². The summed E-state index contributed by atoms with van der Waals surface area (Å²) >= 11 is 0. The molecule has 0 aromatic rings. The van der Waals surface area contributed by atoms with Gasteiger partial charge < -0.3 is 10.0 Å². The van der Waals surface area contributed by atoms with Crippen LogP contribution in [0.1, 0.15) is 26.7 Å². The predicted molar refractivity (Wildman–Crippen MR) is 46.5 cm³/mol. The van der Waals surface area contributed by atoms with E-state index in [1.165, 1.54) is 12.8 Å². The fourth-order valence-electron chi connectivity index (χ4n) is 1.52. The molecule has 0 amide bonds. The number of likely N-dealkylation sites (N-methyl/N-ethyl adjacent to an activating group) is 1. The van der Waals surface area contributed by atoms with Crippen LogP contribution in [0, 0.1) is 5.92 Å². The highest BCUT2D eigenvalue weighted by Gasteiger charge is 2.30. The molecule has 0 saturated heterocycles. The normalized spacial score (nSPS) is 23.7. The fourth-order valence-corrected chi connectivity index (χ4v) is 1.52. The highest BCUT2D eigenvalue weighted by atomic mass is 16.3. The molecule has 2 nitrogen and oxygen atoms in total. The zero-order valence-corrected chi connectivity index (χ0v) is 7.75. The van der Waals surface area contributed by atoms with Crippen LogP contribution in [0.2, 0.25) is 0 Å². The monoisotopic (exact) mass is 157 g/mol. The minimum atomic E-state index is -0.193. The Morgan fingerprint density at radius 1 is 1.45 bits per heavy atom. The van der Waals surface area contributed by atoms with Crippen molar-refractivity contribution in [3.63, 3.8) is 0 Å². The summed E-state index contributed by atoms with van der Waals surface area (Å²) in [4.78, 5) is 2.25. The maximum absolute atomic E-state index is 9.13. The van der Waals surface area contributed by atoms with Crippen LogP contribution in [0.15, 0.2) is 0 Å². The summed E-state index contributed by atoms with van der Waals surface area (Å²) in [6, 6.07) is 0.657. The molecule has 2 heteroatoms. The second kappa shape index (κ2) is 3.55. The van der Waals surface area contributed by atoms with Crippen molar-refractivity contribution >= 4 is 0 Å². The van der Waals surface area contributed by atoms with Gasteiger partial charge in [-0.15, -0.1) is 0 Å². The minimum absolute atomic E-state index is 0.193. The van der Waals surface area contributed by atoms with E-state index in [-0.39, 0.29) is 6.10 Å². The molecule has 1 aliphatic carbocycles. The smallest absolute Gasteiger partial charge is 0.0639 e. The lowest BCUT2D eigenvalue weighted by Crippen LogP contribution is -2.36. The van der Waals surface area contributed by atoms with Crippen molar-refractivity contribution in [2.24, 2.45) is 5.92 Å². The van der Waals surface area contributed by atoms with Crippen LogP contribution < -0.4 is 0 Å². The Bertz CT molecular complexity index is 121. The lowest BCUT2D eigenvalue weighted by atomic mass is 10.2. The van der Waals surface area contributed by atoms with Crippen molar-refractivity contribution in [1.82, 2.24) is 4.90 Å². The highest BCUT2D eigenvalue weighted by Crippen LogP contribution is 2.34. The van der Waals surface area contributed by atoms with Gasteiger partial charge in [0.2, 0.25) is 0 Å². The van der Waals surface area contributed by atoms with Crippen LogP contribution in [0.25, 0.3) is 0 Å². The number of nitrogens with zero attached hydrogens (tertiary/aromatic N) is 1. The Kier molecular flexibility index (Phi) is 2.90. The van der Waals surface area contributed by atoms with E-state index in [1.54, 1.807) is 0 Å². The van der Waals surface area contributed by atoms with E-state index in [4.69, 9.17) is 5.11 Å². The lowest BCUT2D eigenvalue weighted by Gasteiger charge is -2.25. The number of aliphatic hydroxyl groups excluding tert-OH is 1. The summed E-state index contributed by atoms with van der Waals surface area (Å²) in [6.45, 7) is 4.90. The van der Waals surface area contributed by atoms with E-state index in [1.807, 2.05) is 6.92 Å². The largest absolute Gasteiger partial charge is 0.392 e. The Labute approximate surface area is 69.2 Å². The molecule has 66 valence electrons. The second-order valence-corrected chi connectivity index (χ2v) is 3.87. The zero-order chi connectivity index (χ0) is 8.43. The molecule has 0 aromatic carbocycles. The lowest BCUT2D eigenvalue weighted by molar-refractivity contribution is 0.115. The summed E-state index contributed by atoms with van der Waals surface area (Å²) < 4.78 is 0. The van der Waals surface area contributed by atoms with Crippen molar-refractivity contribution in [3.05, 3.63) is 0 Å². The quantitative estimate of drug-likeness (QED) is 0.660. The van der Waals surface area contributed by atoms with Crippen LogP contribution in [0.3, 0.4) is 0 Å². The molecule has 2 unspecified atom stereocenters. The Morgan fingerprint density at radius 2 is 2.00 bits per heavy atom. The van der Waals surface area contributed by atoms with Crippen LogP contribution in [0.4, 0.5) is 0 Å². The Hall–Kier alpha value is -0.0800. The van der Waals surface area contributed by atoms with E-state index in [9.17, 15) is 0 Å². The summed E-state index contributed by atoms with van der Waals surface area (Å²) in [5.74, 6) is 0.902. The number of hydrogen-bond donors (Lipinski definition) is 1. The van der Waals surface area contributed by atoms with Crippen LogP contribution in [-0.4, -0.2) is 35.7 Å². The van der Waals surface area contributed by atoms with Gasteiger partial charge in [0.05, 0.1) is 6.10 Å². The first-order valence-corrected chi connectivity index (χ1v) is 4.49. The van der Waals surface area contributed by atoms with Gasteiger partial charge in [-0.05, 0) is 39.7 Å². The third kappa shape index (κ3) is 2.80. The van der Waals surface area contributed by atoms with Gasteiger partial charge in [-0.25, -0.2) is 0 Å². The maximum Gasteiger partial charge on any atom is 0.0639 e. The Balaban J connectivity index is 2.21. The fraction of sp³-hybridized carbons (Fsp3) is 1.00. The molecule has 0 aromatic heterocycles. The second-order valence-electron chi connectivity index (χ2n) is 3.87. The van der Waals surface area contributed by atoms with E-state index in [0.717, 1.165) is 12.5 Å². The number of hydrogen-bond acceptors (Lipinski definition) is 2. The van der Waals surface area contributed by atoms with Gasteiger partial charge in [0.25, 0.3) is 0 Å². The summed E-state index contributed by atoms with van der Waals surface area (Å²) in [5.41, 5.74) is 0. The van der Waals surface area contributed by atoms with Gasteiger partial charge in [0.1, 0.15) is 0 Å². The molecule has 1 saturated carbocycles. The molecule has 0 bridgehead atoms. The first kappa shape index (κ1) is 9.01. The van der Waals surface area contributed by atoms with E-state index >= 15 is 0 Å². The summed E-state index contributed by atoms with van der Waals surface area (Å²) in [7, 11) is 2.09. The van der Waals surface area contributed by atoms with Gasteiger partial charge in [0.15, 0.2) is 0 Å². The van der Waals surface area contributed by atoms with Gasteiger partial charge in [0, 0.05) is 12.6 Å². The van der Waals surface area contributed by atoms with E-state index in [0.29, 0.717) is 6.04 Å². The molecule has 2 atom stereocenters. The van der Waals surface area contributed by atoms with Crippen molar-refractivity contribution in [3.8, 4) is 0 Å². The zero-order valence-electron chi connectivity index (χ0n) is 7.75. The molecule has 0 aliphatic heterocycles. The molecule has 0 heterocycles. The molecule has 0 radical (unpaired) electrons. The number of aliphatic hydroxyl groups is 1. The minimum Gasteiger partial charge on any atom is -0.392 e. The van der Waals surface area contributed by atoms with Crippen molar-refractivity contribution in [2.75, 3.05) is 13.6 Å². The SMILES string of the molecule is CC(O)CN(C)C(C)C1CC1. The highest BCUT2D eigenvalue weighted by molar-refractivity contribution is 4.84. The molecule has 0 spiro atoms. The van der Waals surface area contributed by atoms with Gasteiger partial charge in [-0.2, -0.15) is 0 Å². The summed E-state index contributed by atoms with van der Waals surface area (Å²) in [6.07, 6.45) is 2.57. The maximum atomic E-state index is 9.13. The molecular weight excluding hydrogens is 138 g/mol. The molecule has 1 aliphatic rings. The molecule has 11 heavy (non-hydrogen) atoms.